The third kappa shape index (κ3) is 3.96. The van der Waals surface area contributed by atoms with Crippen molar-refractivity contribution in [3.8, 4) is 0 Å². The van der Waals surface area contributed by atoms with E-state index in [1.54, 1.807) is 23.6 Å². The van der Waals surface area contributed by atoms with Crippen molar-refractivity contribution < 1.29 is 14.5 Å². The molecule has 0 radical (unpaired) electrons. The Morgan fingerprint density at radius 3 is 2.57 bits per heavy atom. The normalized spacial score (nSPS) is 10.1. The monoisotopic (exact) mass is 304 g/mol. The highest BCUT2D eigenvalue weighted by Gasteiger charge is 2.15. The molecule has 1 aromatic carbocycles. The second-order valence-corrected chi connectivity index (χ2v) is 5.17. The molecule has 0 aliphatic carbocycles. The van der Waals surface area contributed by atoms with Crippen molar-refractivity contribution >= 4 is 34.4 Å². The molecule has 0 aliphatic rings. The van der Waals surface area contributed by atoms with Gasteiger partial charge in [0.15, 0.2) is 5.78 Å². The standard InChI is InChI=1S/C14H12N2O4S/c17-12(13-6-3-9-21-13)7-8-14(18)15-10-4-1-2-5-11(10)16(19)20/h1-6,9H,7-8H2,(H,15,18). The zero-order chi connectivity index (χ0) is 15.2. The number of rotatable bonds is 6. The Hall–Kier alpha value is -2.54. The van der Waals surface area contributed by atoms with Crippen LogP contribution < -0.4 is 5.32 Å². The number of hydrogen-bond donors (Lipinski definition) is 1. The molecule has 1 heterocycles. The predicted octanol–water partition coefficient (Wildman–Crippen LogP) is 3.26. The highest BCUT2D eigenvalue weighted by Crippen LogP contribution is 2.23. The van der Waals surface area contributed by atoms with Crippen molar-refractivity contribution in [2.24, 2.45) is 0 Å². The Bertz CT molecular complexity index is 667. The van der Waals surface area contributed by atoms with Gasteiger partial charge in [-0.25, -0.2) is 0 Å². The summed E-state index contributed by atoms with van der Waals surface area (Å²) >= 11 is 1.32. The third-order valence-electron chi connectivity index (χ3n) is 2.75. The first-order chi connectivity index (χ1) is 10.1. The maximum Gasteiger partial charge on any atom is 0.292 e. The molecule has 6 nitrogen and oxygen atoms in total. The third-order valence-corrected chi connectivity index (χ3v) is 3.66. The lowest BCUT2D eigenvalue weighted by molar-refractivity contribution is -0.383. The van der Waals surface area contributed by atoms with Gasteiger partial charge in [-0.1, -0.05) is 18.2 Å². The van der Waals surface area contributed by atoms with E-state index in [0.717, 1.165) is 0 Å². The summed E-state index contributed by atoms with van der Waals surface area (Å²) in [5.74, 6) is -0.531. The molecule has 1 N–H and O–H groups in total. The number of Topliss-reactive ketones (excluding diaryl/α,β-unsaturated/α-hetero) is 1. The number of carbonyl (C=O) groups excluding carboxylic acids is 2. The van der Waals surface area contributed by atoms with Gasteiger partial charge in [-0.15, -0.1) is 11.3 Å². The molecule has 1 amide bonds. The summed E-state index contributed by atoms with van der Waals surface area (Å²) in [6.07, 6.45) is 0.0652. The summed E-state index contributed by atoms with van der Waals surface area (Å²) in [7, 11) is 0. The van der Waals surface area contributed by atoms with E-state index in [2.05, 4.69) is 5.32 Å². The fourth-order valence-electron chi connectivity index (χ4n) is 1.74. The second kappa shape index (κ2) is 6.76. The smallest absolute Gasteiger partial charge is 0.292 e. The Morgan fingerprint density at radius 1 is 1.14 bits per heavy atom. The number of hydrogen-bond acceptors (Lipinski definition) is 5. The SMILES string of the molecule is O=C(CCC(=O)c1cccs1)Nc1ccccc1[N+](=O)[O-]. The summed E-state index contributed by atoms with van der Waals surface area (Å²) in [6.45, 7) is 0. The first-order valence-electron chi connectivity index (χ1n) is 6.18. The Kier molecular flexibility index (Phi) is 4.78. The highest BCUT2D eigenvalue weighted by molar-refractivity contribution is 7.12. The summed E-state index contributed by atoms with van der Waals surface area (Å²) in [5, 5.41) is 15.1. The van der Waals surface area contributed by atoms with E-state index in [1.807, 2.05) is 0 Å². The Balaban J connectivity index is 1.93. The van der Waals surface area contributed by atoms with Crippen molar-refractivity contribution in [3.05, 3.63) is 56.8 Å². The average Bonchev–Trinajstić information content (AvgIpc) is 2.99. The van der Waals surface area contributed by atoms with Crippen molar-refractivity contribution in [1.29, 1.82) is 0 Å². The van der Waals surface area contributed by atoms with Crippen LogP contribution in [0.1, 0.15) is 22.5 Å². The molecule has 1 aromatic heterocycles. The number of thiophene rings is 1. The number of anilines is 1. The van der Waals surface area contributed by atoms with Crippen molar-refractivity contribution in [1.82, 2.24) is 0 Å². The number of para-hydroxylation sites is 2. The number of ketones is 1. The lowest BCUT2D eigenvalue weighted by Crippen LogP contribution is -2.14. The van der Waals surface area contributed by atoms with E-state index in [4.69, 9.17) is 0 Å². The van der Waals surface area contributed by atoms with Gasteiger partial charge in [0.05, 0.1) is 9.80 Å². The van der Waals surface area contributed by atoms with Gasteiger partial charge in [-0.2, -0.15) is 0 Å². The van der Waals surface area contributed by atoms with Crippen LogP contribution in [-0.4, -0.2) is 16.6 Å². The zero-order valence-corrected chi connectivity index (χ0v) is 11.8. The van der Waals surface area contributed by atoms with E-state index < -0.39 is 10.8 Å². The molecule has 7 heteroatoms. The van der Waals surface area contributed by atoms with Crippen LogP contribution in [0, 0.1) is 10.1 Å². The van der Waals surface area contributed by atoms with E-state index in [-0.39, 0.29) is 30.0 Å². The summed E-state index contributed by atoms with van der Waals surface area (Å²) in [5.41, 5.74) is -0.0356. The van der Waals surface area contributed by atoms with Crippen LogP contribution in [-0.2, 0) is 4.79 Å². The predicted molar refractivity (Wildman–Crippen MR) is 79.6 cm³/mol. The number of carbonyl (C=O) groups is 2. The highest BCUT2D eigenvalue weighted by atomic mass is 32.1. The van der Waals surface area contributed by atoms with E-state index in [0.29, 0.717) is 4.88 Å². The van der Waals surface area contributed by atoms with Crippen molar-refractivity contribution in [3.63, 3.8) is 0 Å². The summed E-state index contributed by atoms with van der Waals surface area (Å²) in [6, 6.07) is 9.36. The van der Waals surface area contributed by atoms with Crippen LogP contribution in [0.2, 0.25) is 0 Å². The van der Waals surface area contributed by atoms with Crippen LogP contribution in [0.4, 0.5) is 11.4 Å². The molecule has 0 fully saturated rings. The second-order valence-electron chi connectivity index (χ2n) is 4.22. The van der Waals surface area contributed by atoms with Crippen molar-refractivity contribution in [2.45, 2.75) is 12.8 Å². The van der Waals surface area contributed by atoms with E-state index in [9.17, 15) is 19.7 Å². The van der Waals surface area contributed by atoms with E-state index >= 15 is 0 Å². The van der Waals surface area contributed by atoms with Gasteiger partial charge in [0.1, 0.15) is 5.69 Å². The fraction of sp³-hybridized carbons (Fsp3) is 0.143. The molecule has 0 aliphatic heterocycles. The Morgan fingerprint density at radius 2 is 1.90 bits per heavy atom. The maximum atomic E-state index is 11.8. The molecule has 2 aromatic rings. The molecule has 0 spiro atoms. The average molecular weight is 304 g/mol. The number of nitro benzene ring substituents is 1. The quantitative estimate of drug-likeness (QED) is 0.504. The molecule has 21 heavy (non-hydrogen) atoms. The van der Waals surface area contributed by atoms with E-state index in [1.165, 1.54) is 29.5 Å². The van der Waals surface area contributed by atoms with Gasteiger partial charge in [0.25, 0.3) is 5.69 Å². The van der Waals surface area contributed by atoms with Gasteiger partial charge in [-0.05, 0) is 17.5 Å². The molecule has 0 bridgehead atoms. The van der Waals surface area contributed by atoms with Crippen LogP contribution in [0.3, 0.4) is 0 Å². The first kappa shape index (κ1) is 14.9. The molecule has 0 saturated heterocycles. The molecule has 108 valence electrons. The minimum Gasteiger partial charge on any atom is -0.320 e. The van der Waals surface area contributed by atoms with Crippen LogP contribution >= 0.6 is 11.3 Å². The van der Waals surface area contributed by atoms with Crippen LogP contribution in [0.25, 0.3) is 0 Å². The lowest BCUT2D eigenvalue weighted by atomic mass is 10.2. The fourth-order valence-corrected chi connectivity index (χ4v) is 2.43. The van der Waals surface area contributed by atoms with Crippen LogP contribution in [0.15, 0.2) is 41.8 Å². The number of amides is 1. The zero-order valence-electron chi connectivity index (χ0n) is 10.9. The van der Waals surface area contributed by atoms with Gasteiger partial charge >= 0.3 is 0 Å². The van der Waals surface area contributed by atoms with Gasteiger partial charge < -0.3 is 5.32 Å². The molecule has 2 rings (SSSR count). The minimum absolute atomic E-state index is 0.0111. The first-order valence-corrected chi connectivity index (χ1v) is 7.06. The Labute approximate surface area is 124 Å². The van der Waals surface area contributed by atoms with Gasteiger partial charge in [-0.3, -0.25) is 19.7 Å². The largest absolute Gasteiger partial charge is 0.320 e. The van der Waals surface area contributed by atoms with Crippen molar-refractivity contribution in [2.75, 3.05) is 5.32 Å². The number of nitrogens with zero attached hydrogens (tertiary/aromatic N) is 1. The minimum atomic E-state index is -0.563. The summed E-state index contributed by atoms with van der Waals surface area (Å²) < 4.78 is 0. The molecule has 0 unspecified atom stereocenters. The number of nitrogens with one attached hydrogen (secondary N) is 1. The maximum absolute atomic E-state index is 11.8. The van der Waals surface area contributed by atoms with Gasteiger partial charge in [0.2, 0.25) is 5.91 Å². The van der Waals surface area contributed by atoms with Crippen LogP contribution in [0.5, 0.6) is 0 Å². The number of benzene rings is 1. The molecular formula is C14H12N2O4S. The topological polar surface area (TPSA) is 89.3 Å². The molecule has 0 atom stereocenters. The molecule has 0 saturated carbocycles. The number of nitro groups is 1. The van der Waals surface area contributed by atoms with Gasteiger partial charge in [0, 0.05) is 18.9 Å². The lowest BCUT2D eigenvalue weighted by Gasteiger charge is -2.05. The summed E-state index contributed by atoms with van der Waals surface area (Å²) in [4.78, 5) is 34.4. The molecular weight excluding hydrogens is 292 g/mol.